The van der Waals surface area contributed by atoms with Gasteiger partial charge in [-0.3, -0.25) is 14.4 Å². The van der Waals surface area contributed by atoms with Crippen molar-refractivity contribution in [2.24, 2.45) is 7.05 Å². The zero-order valence-electron chi connectivity index (χ0n) is 25.5. The summed E-state index contributed by atoms with van der Waals surface area (Å²) in [7, 11) is 4.59. The second-order valence-corrected chi connectivity index (χ2v) is 12.6. The van der Waals surface area contributed by atoms with Crippen LogP contribution in [0.25, 0.3) is 11.0 Å². The molecule has 2 aliphatic carbocycles. The second kappa shape index (κ2) is 11.5. The van der Waals surface area contributed by atoms with Gasteiger partial charge >= 0.3 is 11.4 Å². The van der Waals surface area contributed by atoms with Crippen molar-refractivity contribution in [3.05, 3.63) is 105 Å². The number of rotatable bonds is 7. The van der Waals surface area contributed by atoms with Crippen LogP contribution < -0.4 is 26.4 Å². The number of nitrogens with zero attached hydrogens (tertiary/aromatic N) is 5. The van der Waals surface area contributed by atoms with Crippen LogP contribution in [0.2, 0.25) is 0 Å². The number of aryl methyl sites for hydroxylation is 2. The van der Waals surface area contributed by atoms with Crippen LogP contribution in [0.1, 0.15) is 35.6 Å². The molecule has 14 nitrogen and oxygen atoms in total. The van der Waals surface area contributed by atoms with Gasteiger partial charge in [0.05, 0.1) is 47.3 Å². The molecule has 0 radical (unpaired) electrons. The topological polar surface area (TPSA) is 170 Å². The minimum atomic E-state index is -0.793. The number of hydrogen-bond donors (Lipinski definition) is 1. The van der Waals surface area contributed by atoms with E-state index < -0.39 is 23.3 Å². The Labute approximate surface area is 278 Å². The minimum absolute atomic E-state index is 0.00839. The average molecular weight is 754 g/mol. The number of allylic oxidation sites excluding steroid dienone is 6. The van der Waals surface area contributed by atoms with E-state index in [-0.39, 0.29) is 75.8 Å². The highest BCUT2D eigenvalue weighted by molar-refractivity contribution is 14.1. The lowest BCUT2D eigenvalue weighted by molar-refractivity contribution is -0.115. The summed E-state index contributed by atoms with van der Waals surface area (Å²) in [6.45, 7) is -0.446. The highest BCUT2D eigenvalue weighted by atomic mass is 127. The summed E-state index contributed by atoms with van der Waals surface area (Å²) in [5.41, 5.74) is 0.746. The molecule has 242 valence electrons. The zero-order valence-corrected chi connectivity index (χ0v) is 27.6. The van der Waals surface area contributed by atoms with E-state index >= 15 is 0 Å². The predicted molar refractivity (Wildman–Crippen MR) is 175 cm³/mol. The molecule has 0 unspecified atom stereocenters. The van der Waals surface area contributed by atoms with Crippen LogP contribution in [0, 0.1) is 0 Å². The first-order valence-electron chi connectivity index (χ1n) is 14.7. The van der Waals surface area contributed by atoms with Gasteiger partial charge in [-0.2, -0.15) is 0 Å². The third-order valence-electron chi connectivity index (χ3n) is 9.02. The molecule has 1 aromatic carbocycles. The molecule has 3 aliphatic rings. The minimum Gasteiger partial charge on any atom is -0.493 e. The van der Waals surface area contributed by atoms with E-state index in [0.29, 0.717) is 33.9 Å². The van der Waals surface area contributed by atoms with Gasteiger partial charge in [0.1, 0.15) is 23.8 Å². The molecule has 1 aliphatic heterocycles. The molecule has 15 heteroatoms. The van der Waals surface area contributed by atoms with E-state index in [2.05, 4.69) is 4.98 Å². The fraction of sp³-hybridized carbons (Fsp3) is 0.312. The molecule has 4 aromatic rings. The lowest BCUT2D eigenvalue weighted by Crippen LogP contribution is -2.40. The molecule has 47 heavy (non-hydrogen) atoms. The van der Waals surface area contributed by atoms with Crippen molar-refractivity contribution in [1.29, 1.82) is 0 Å². The first-order valence-corrected chi connectivity index (χ1v) is 15.8. The molecule has 2 atom stereocenters. The van der Waals surface area contributed by atoms with Gasteiger partial charge in [0.15, 0.2) is 23.1 Å². The number of aromatic nitrogens is 5. The third kappa shape index (κ3) is 4.70. The molecule has 1 N–H and O–H groups in total. The number of Topliss-reactive ketones (excluding diaryl/α,β-unsaturated/α-hetero) is 1. The predicted octanol–water partition coefficient (Wildman–Crippen LogP) is 1.84. The van der Waals surface area contributed by atoms with Crippen molar-refractivity contribution in [3.8, 4) is 11.5 Å². The van der Waals surface area contributed by atoms with Crippen molar-refractivity contribution >= 4 is 45.2 Å². The largest absolute Gasteiger partial charge is 0.493 e. The summed E-state index contributed by atoms with van der Waals surface area (Å²) in [4.78, 5) is 72.1. The summed E-state index contributed by atoms with van der Waals surface area (Å²) in [5, 5.41) is 9.64. The summed E-state index contributed by atoms with van der Waals surface area (Å²) in [6.07, 6.45) is 3.08. The van der Waals surface area contributed by atoms with Gasteiger partial charge in [-0.05, 0) is 40.3 Å². The summed E-state index contributed by atoms with van der Waals surface area (Å²) in [6, 6.07) is 5.79. The van der Waals surface area contributed by atoms with E-state index in [1.807, 2.05) is 22.6 Å². The molecule has 0 fully saturated rings. The Hall–Kier alpha value is -4.77. The van der Waals surface area contributed by atoms with Crippen LogP contribution in [0.5, 0.6) is 11.5 Å². The summed E-state index contributed by atoms with van der Waals surface area (Å²) < 4.78 is 22.0. The van der Waals surface area contributed by atoms with Gasteiger partial charge in [0, 0.05) is 55.8 Å². The quantitative estimate of drug-likeness (QED) is 0.167. The van der Waals surface area contributed by atoms with Crippen molar-refractivity contribution in [2.75, 3.05) is 14.2 Å². The number of hydrogen-bond acceptors (Lipinski definition) is 10. The van der Waals surface area contributed by atoms with Crippen LogP contribution in [-0.4, -0.2) is 54.4 Å². The van der Waals surface area contributed by atoms with Crippen LogP contribution in [0.3, 0.4) is 0 Å². The van der Waals surface area contributed by atoms with E-state index in [9.17, 15) is 29.1 Å². The molecule has 0 saturated heterocycles. The highest BCUT2D eigenvalue weighted by Gasteiger charge is 2.46. The number of halogens is 1. The lowest BCUT2D eigenvalue weighted by Gasteiger charge is -2.38. The Kier molecular flexibility index (Phi) is 7.54. The molecule has 0 amide bonds. The van der Waals surface area contributed by atoms with Crippen LogP contribution in [0.15, 0.2) is 75.5 Å². The molecule has 0 bridgehead atoms. The Morgan fingerprint density at radius 2 is 1.81 bits per heavy atom. The fourth-order valence-electron chi connectivity index (χ4n) is 6.76. The molecule has 0 spiro atoms. The van der Waals surface area contributed by atoms with Crippen molar-refractivity contribution in [1.82, 2.24) is 23.5 Å². The number of fused-ring (bicyclic) bond motifs is 4. The molecular formula is C32H28IN5O9. The molecule has 3 aromatic heterocycles. The monoisotopic (exact) mass is 753 g/mol. The first-order chi connectivity index (χ1) is 22.6. The third-order valence-corrected chi connectivity index (χ3v) is 9.83. The number of ether oxygens (including phenoxy) is 2. The van der Waals surface area contributed by atoms with E-state index in [0.717, 1.165) is 4.57 Å². The zero-order chi connectivity index (χ0) is 33.3. The second-order valence-electron chi connectivity index (χ2n) is 11.4. The van der Waals surface area contributed by atoms with Gasteiger partial charge in [0.2, 0.25) is 0 Å². The number of methoxy groups -OCH3 is 2. The Morgan fingerprint density at radius 3 is 2.51 bits per heavy atom. The molecule has 4 heterocycles. The number of aliphatic hydroxyl groups excluding tert-OH is 1. The molecule has 0 saturated carbocycles. The number of benzene rings is 1. The molecular weight excluding hydrogens is 725 g/mol. The van der Waals surface area contributed by atoms with Gasteiger partial charge < -0.3 is 23.6 Å². The maximum absolute atomic E-state index is 14.0. The Bertz CT molecular complexity index is 2310. The van der Waals surface area contributed by atoms with Crippen LogP contribution in [0.4, 0.5) is 0 Å². The number of carbonyl (C=O) groups is 2. The number of ketones is 2. The van der Waals surface area contributed by atoms with E-state index in [1.54, 1.807) is 37.4 Å². The van der Waals surface area contributed by atoms with Gasteiger partial charge in [-0.1, -0.05) is 6.08 Å². The number of aliphatic hydroxyl groups is 1. The number of carbonyl (C=O) groups excluding carboxylic acids is 2. The van der Waals surface area contributed by atoms with Crippen LogP contribution >= 0.6 is 22.6 Å². The fourth-order valence-corrected chi connectivity index (χ4v) is 7.33. The highest BCUT2D eigenvalue weighted by Crippen LogP contribution is 2.50. The first kappa shape index (κ1) is 30.9. The summed E-state index contributed by atoms with van der Waals surface area (Å²) in [5.74, 6) is 0.0619. The van der Waals surface area contributed by atoms with Gasteiger partial charge in [0.25, 0.3) is 5.56 Å². The van der Waals surface area contributed by atoms with Crippen molar-refractivity contribution < 1.29 is 28.6 Å². The normalized spacial score (nSPS) is 18.9. The number of furan rings is 1. The maximum atomic E-state index is 14.0. The maximum Gasteiger partial charge on any atom is 0.347 e. The van der Waals surface area contributed by atoms with E-state index in [4.69, 9.17) is 13.9 Å². The molecule has 7 rings (SSSR count). The Balaban J connectivity index is 1.28. The van der Waals surface area contributed by atoms with E-state index in [1.165, 1.54) is 34.2 Å². The van der Waals surface area contributed by atoms with Crippen molar-refractivity contribution in [2.45, 2.75) is 44.5 Å². The Morgan fingerprint density at radius 1 is 1.06 bits per heavy atom. The smallest absolute Gasteiger partial charge is 0.347 e. The van der Waals surface area contributed by atoms with Gasteiger partial charge in [-0.15, -0.1) is 0 Å². The summed E-state index contributed by atoms with van der Waals surface area (Å²) >= 11 is 1.84. The lowest BCUT2D eigenvalue weighted by atomic mass is 9.70. The van der Waals surface area contributed by atoms with Gasteiger partial charge in [-0.25, -0.2) is 28.5 Å². The van der Waals surface area contributed by atoms with Crippen LogP contribution in [-0.2, 0) is 42.8 Å². The standard InChI is InChI=1S/C32H28IN5O9/c1-35-22-13-26(46-3)25(45-2)12-20(22)34-19(30(35)42)7-8-36-31(43)37-9-6-16-21(38(37)32(36)44)10-17-23(40)11-18(33)29(41)28(17)27(16)24-5-4-15(14-39)47-24/h4-6,11-13,21,27,39H,7-10,14H2,1-3H3/t21-,27-/m1/s1. The SMILES string of the molecule is COc1cc2nc(CCn3c(=O)n4n(c3=O)[C@@H]3CC5=C(C(=O)C(I)=CC5=O)[C@@H](c5ccc(CO)o5)C3=CC4)c(=O)n(C)c2cc1OC. The average Bonchev–Trinajstić information content (AvgIpc) is 3.65. The van der Waals surface area contributed by atoms with Crippen molar-refractivity contribution in [3.63, 3.8) is 0 Å².